The largest absolute Gasteiger partial charge is 0.368 e. The normalized spacial score (nSPS) is 20.9. The molecule has 0 aromatic rings. The van der Waals surface area contributed by atoms with Crippen LogP contribution in [0.15, 0.2) is 0 Å². The van der Waals surface area contributed by atoms with Gasteiger partial charge in [0.05, 0.1) is 6.04 Å². The molecule has 1 saturated heterocycles. The Bertz CT molecular complexity index is 212. The fraction of sp³-hybridized carbons (Fsp3) is 0.917. The van der Waals surface area contributed by atoms with Gasteiger partial charge in [-0.25, -0.2) is 0 Å². The molecule has 0 spiro atoms. The topological polar surface area (TPSA) is 58.4 Å². The van der Waals surface area contributed by atoms with Crippen LogP contribution < -0.4 is 11.1 Å². The van der Waals surface area contributed by atoms with E-state index in [0.717, 1.165) is 25.6 Å². The van der Waals surface area contributed by atoms with Gasteiger partial charge in [-0.3, -0.25) is 4.79 Å². The number of rotatable bonds is 6. The monoisotopic (exact) mass is 227 g/mol. The maximum absolute atomic E-state index is 11.1. The zero-order chi connectivity index (χ0) is 12.0. The fourth-order valence-corrected chi connectivity index (χ4v) is 2.45. The van der Waals surface area contributed by atoms with Crippen LogP contribution in [0.25, 0.3) is 0 Å². The van der Waals surface area contributed by atoms with Gasteiger partial charge < -0.3 is 16.0 Å². The van der Waals surface area contributed by atoms with Gasteiger partial charge in [0.25, 0.3) is 0 Å². The van der Waals surface area contributed by atoms with E-state index in [2.05, 4.69) is 17.1 Å². The standard InChI is InChI=1S/C12H25N3O/c1-3-4-10-5-7-15(8-6-10)9-11(14-2)12(13)16/h10-11,14H,3-9H2,1-2H3,(H2,13,16). The number of likely N-dealkylation sites (N-methyl/N-ethyl adjacent to an activating group) is 1. The zero-order valence-electron chi connectivity index (χ0n) is 10.5. The highest BCUT2D eigenvalue weighted by Gasteiger charge is 2.22. The minimum absolute atomic E-state index is 0.206. The Morgan fingerprint density at radius 2 is 2.12 bits per heavy atom. The number of hydrogen-bond donors (Lipinski definition) is 2. The first-order valence-corrected chi connectivity index (χ1v) is 6.36. The molecule has 1 aliphatic rings. The number of nitrogens with one attached hydrogen (secondary N) is 1. The molecule has 4 heteroatoms. The number of hydrogen-bond acceptors (Lipinski definition) is 3. The number of amides is 1. The number of nitrogens with zero attached hydrogens (tertiary/aromatic N) is 1. The van der Waals surface area contributed by atoms with Crippen molar-refractivity contribution in [1.82, 2.24) is 10.2 Å². The average Bonchev–Trinajstić information content (AvgIpc) is 2.28. The van der Waals surface area contributed by atoms with Gasteiger partial charge in [-0.05, 0) is 38.9 Å². The summed E-state index contributed by atoms with van der Waals surface area (Å²) in [7, 11) is 1.79. The summed E-state index contributed by atoms with van der Waals surface area (Å²) in [5.74, 6) is 0.640. The minimum atomic E-state index is -0.252. The summed E-state index contributed by atoms with van der Waals surface area (Å²) in [6, 6.07) is -0.206. The predicted molar refractivity (Wildman–Crippen MR) is 66.1 cm³/mol. The molecule has 1 atom stereocenters. The quantitative estimate of drug-likeness (QED) is 0.697. The highest BCUT2D eigenvalue weighted by atomic mass is 16.1. The second-order valence-corrected chi connectivity index (χ2v) is 4.78. The number of carbonyl (C=O) groups is 1. The van der Waals surface area contributed by atoms with E-state index in [1.807, 2.05) is 0 Å². The first-order valence-electron chi connectivity index (χ1n) is 6.36. The SMILES string of the molecule is CCCC1CCN(CC(NC)C(N)=O)CC1. The molecule has 0 aromatic carbocycles. The summed E-state index contributed by atoms with van der Waals surface area (Å²) < 4.78 is 0. The van der Waals surface area contributed by atoms with Crippen LogP contribution in [0.1, 0.15) is 32.6 Å². The van der Waals surface area contributed by atoms with E-state index in [-0.39, 0.29) is 11.9 Å². The molecule has 94 valence electrons. The van der Waals surface area contributed by atoms with E-state index in [0.29, 0.717) is 0 Å². The Balaban J connectivity index is 2.28. The van der Waals surface area contributed by atoms with Gasteiger partial charge in [-0.15, -0.1) is 0 Å². The smallest absolute Gasteiger partial charge is 0.235 e. The molecule has 0 aliphatic carbocycles. The van der Waals surface area contributed by atoms with E-state index in [9.17, 15) is 4.79 Å². The number of primary amides is 1. The lowest BCUT2D eigenvalue weighted by atomic mass is 9.92. The molecule has 1 unspecified atom stereocenters. The second-order valence-electron chi connectivity index (χ2n) is 4.78. The molecule has 1 rings (SSSR count). The van der Waals surface area contributed by atoms with Gasteiger partial charge in [0.1, 0.15) is 0 Å². The average molecular weight is 227 g/mol. The van der Waals surface area contributed by atoms with Crippen LogP contribution in [0, 0.1) is 5.92 Å². The summed E-state index contributed by atoms with van der Waals surface area (Å²) in [4.78, 5) is 13.4. The van der Waals surface area contributed by atoms with Crippen molar-refractivity contribution in [2.45, 2.75) is 38.6 Å². The van der Waals surface area contributed by atoms with E-state index >= 15 is 0 Å². The number of piperidine rings is 1. The molecule has 1 fully saturated rings. The van der Waals surface area contributed by atoms with Crippen molar-refractivity contribution in [3.63, 3.8) is 0 Å². The Morgan fingerprint density at radius 3 is 2.56 bits per heavy atom. The predicted octanol–water partition coefficient (Wildman–Crippen LogP) is 0.572. The van der Waals surface area contributed by atoms with Crippen molar-refractivity contribution in [3.05, 3.63) is 0 Å². The summed E-state index contributed by atoms with van der Waals surface area (Å²) in [6.45, 7) is 5.22. The van der Waals surface area contributed by atoms with Crippen molar-refractivity contribution in [2.24, 2.45) is 11.7 Å². The fourth-order valence-electron chi connectivity index (χ4n) is 2.45. The van der Waals surface area contributed by atoms with Crippen molar-refractivity contribution in [3.8, 4) is 0 Å². The lowest BCUT2D eigenvalue weighted by Gasteiger charge is -2.33. The van der Waals surface area contributed by atoms with Gasteiger partial charge in [0.15, 0.2) is 0 Å². The van der Waals surface area contributed by atoms with Crippen molar-refractivity contribution in [1.29, 1.82) is 0 Å². The maximum Gasteiger partial charge on any atom is 0.235 e. The molecule has 16 heavy (non-hydrogen) atoms. The summed E-state index contributed by atoms with van der Waals surface area (Å²) >= 11 is 0. The van der Waals surface area contributed by atoms with Crippen LogP contribution in [0.4, 0.5) is 0 Å². The number of carbonyl (C=O) groups excluding carboxylic acids is 1. The lowest BCUT2D eigenvalue weighted by molar-refractivity contribution is -0.120. The van der Waals surface area contributed by atoms with Crippen LogP contribution in [-0.2, 0) is 4.79 Å². The van der Waals surface area contributed by atoms with Crippen molar-refractivity contribution in [2.75, 3.05) is 26.7 Å². The second kappa shape index (κ2) is 6.86. The Hall–Kier alpha value is -0.610. The summed E-state index contributed by atoms with van der Waals surface area (Å²) in [5, 5.41) is 2.97. The first kappa shape index (κ1) is 13.5. The zero-order valence-corrected chi connectivity index (χ0v) is 10.5. The summed E-state index contributed by atoms with van der Waals surface area (Å²) in [5.41, 5.74) is 5.31. The molecule has 1 amide bonds. The Labute approximate surface area is 98.6 Å². The summed E-state index contributed by atoms with van der Waals surface area (Å²) in [6.07, 6.45) is 5.16. The molecule has 0 aromatic heterocycles. The Kier molecular flexibility index (Phi) is 5.77. The molecular weight excluding hydrogens is 202 g/mol. The Morgan fingerprint density at radius 1 is 1.50 bits per heavy atom. The molecule has 3 N–H and O–H groups in total. The van der Waals surface area contributed by atoms with Crippen LogP contribution in [0.5, 0.6) is 0 Å². The molecule has 0 radical (unpaired) electrons. The van der Waals surface area contributed by atoms with Crippen molar-refractivity contribution < 1.29 is 4.79 Å². The third-order valence-electron chi connectivity index (χ3n) is 3.54. The highest BCUT2D eigenvalue weighted by Crippen LogP contribution is 2.21. The lowest BCUT2D eigenvalue weighted by Crippen LogP contribution is -2.49. The van der Waals surface area contributed by atoms with Gasteiger partial charge in [-0.2, -0.15) is 0 Å². The van der Waals surface area contributed by atoms with Crippen LogP contribution in [-0.4, -0.2) is 43.5 Å². The highest BCUT2D eigenvalue weighted by molar-refractivity contribution is 5.80. The first-order chi connectivity index (χ1) is 7.67. The maximum atomic E-state index is 11.1. The van der Waals surface area contributed by atoms with Gasteiger partial charge in [-0.1, -0.05) is 19.8 Å². The van der Waals surface area contributed by atoms with Gasteiger partial charge in [0, 0.05) is 6.54 Å². The minimum Gasteiger partial charge on any atom is -0.368 e. The molecule has 4 nitrogen and oxygen atoms in total. The van der Waals surface area contributed by atoms with Crippen LogP contribution in [0.2, 0.25) is 0 Å². The van der Waals surface area contributed by atoms with Gasteiger partial charge in [0.2, 0.25) is 5.91 Å². The van der Waals surface area contributed by atoms with Gasteiger partial charge >= 0.3 is 0 Å². The molecule has 1 aliphatic heterocycles. The van der Waals surface area contributed by atoms with E-state index in [4.69, 9.17) is 5.73 Å². The molecule has 1 heterocycles. The van der Waals surface area contributed by atoms with Crippen LogP contribution in [0.3, 0.4) is 0 Å². The van der Waals surface area contributed by atoms with Crippen molar-refractivity contribution >= 4 is 5.91 Å². The molecule has 0 bridgehead atoms. The van der Waals surface area contributed by atoms with E-state index in [1.165, 1.54) is 25.7 Å². The van der Waals surface area contributed by atoms with Crippen LogP contribution >= 0.6 is 0 Å². The van der Waals surface area contributed by atoms with E-state index in [1.54, 1.807) is 7.05 Å². The third kappa shape index (κ3) is 4.10. The third-order valence-corrected chi connectivity index (χ3v) is 3.54. The molecule has 0 saturated carbocycles. The number of likely N-dealkylation sites (tertiary alicyclic amines) is 1. The van der Waals surface area contributed by atoms with E-state index < -0.39 is 0 Å². The number of nitrogens with two attached hydrogens (primary N) is 1. The molecular formula is C12H25N3O.